The predicted molar refractivity (Wildman–Crippen MR) is 182 cm³/mol. The molecule has 0 amide bonds. The van der Waals surface area contributed by atoms with Gasteiger partial charge in [0.15, 0.2) is 0 Å². The molecule has 0 aliphatic carbocycles. The van der Waals surface area contributed by atoms with E-state index in [1.165, 1.54) is 0 Å². The average molecular weight is 688 g/mol. The normalized spacial score (nSPS) is 15.8. The zero-order valence-corrected chi connectivity index (χ0v) is 28.6. The molecule has 0 saturated carbocycles. The summed E-state index contributed by atoms with van der Waals surface area (Å²) in [6, 6.07) is 12.4. The van der Waals surface area contributed by atoms with E-state index in [2.05, 4.69) is 19.3 Å². The Morgan fingerprint density at radius 3 is 2.00 bits per heavy atom. The van der Waals surface area contributed by atoms with E-state index in [1.807, 2.05) is 32.2 Å². The molecular weight excluding hydrogens is 643 g/mol. The Balaban J connectivity index is 0.00000235. The molecule has 0 bridgehead atoms. The van der Waals surface area contributed by atoms with Gasteiger partial charge in [-0.25, -0.2) is 4.79 Å². The Bertz CT molecular complexity index is 1370. The van der Waals surface area contributed by atoms with E-state index in [0.717, 1.165) is 100 Å². The molecule has 2 aliphatic rings. The fraction of sp³-hybridized carbons (Fsp3) is 0.500. The van der Waals surface area contributed by atoms with Gasteiger partial charge in [-0.2, -0.15) is 0 Å². The molecule has 10 nitrogen and oxygen atoms in total. The van der Waals surface area contributed by atoms with Crippen LogP contribution < -0.4 is 9.47 Å². The zero-order valence-electron chi connectivity index (χ0n) is 26.2. The van der Waals surface area contributed by atoms with Crippen LogP contribution in [-0.2, 0) is 27.7 Å². The molecule has 5 rings (SSSR count). The highest BCUT2D eigenvalue weighted by atomic mass is 35.5. The van der Waals surface area contributed by atoms with Crippen LogP contribution in [0.3, 0.4) is 0 Å². The lowest BCUT2D eigenvalue weighted by Crippen LogP contribution is -2.50. The van der Waals surface area contributed by atoms with Gasteiger partial charge in [-0.15, -0.1) is 37.2 Å². The van der Waals surface area contributed by atoms with Crippen LogP contribution in [0.2, 0.25) is 0 Å². The number of ether oxygens (including phenoxy) is 4. The SMILES string of the molecule is COc1ccc2c(c1)c(CC(=O)Oc1ccc(C(=O)OCCN3CCN(CCN4CCOCC4)CC3)cc1)c(C)n2C.Cl.Cl.Cl. The maximum absolute atomic E-state index is 12.8. The molecule has 2 saturated heterocycles. The second-order valence-corrected chi connectivity index (χ2v) is 11.0. The maximum Gasteiger partial charge on any atom is 0.338 e. The lowest BCUT2D eigenvalue weighted by atomic mass is 10.1. The van der Waals surface area contributed by atoms with Crippen molar-refractivity contribution in [3.05, 3.63) is 59.3 Å². The third kappa shape index (κ3) is 10.2. The van der Waals surface area contributed by atoms with Gasteiger partial charge in [0, 0.05) is 82.5 Å². The van der Waals surface area contributed by atoms with Crippen molar-refractivity contribution >= 4 is 60.1 Å². The van der Waals surface area contributed by atoms with E-state index in [-0.39, 0.29) is 55.6 Å². The number of hydrogen-bond acceptors (Lipinski definition) is 9. The summed E-state index contributed by atoms with van der Waals surface area (Å²) in [7, 11) is 3.60. The molecule has 250 valence electrons. The molecule has 2 aromatic carbocycles. The molecule has 2 fully saturated rings. The molecule has 0 spiro atoms. The van der Waals surface area contributed by atoms with Gasteiger partial charge in [0.2, 0.25) is 0 Å². The predicted octanol–water partition coefficient (Wildman–Crippen LogP) is 4.02. The largest absolute Gasteiger partial charge is 0.497 e. The standard InChI is InChI=1S/C32H42N4O6.3ClH/c1-24-28(29-22-27(39-3)8-9-30(29)33(24)2)23-31(37)42-26-6-4-25(5-7-26)32(38)41-21-18-35-13-10-34(11-14-35)12-15-36-16-19-40-20-17-36;;;/h4-9,22H,10-21,23H2,1-3H3;3*1H. The minimum atomic E-state index is -0.377. The first-order valence-electron chi connectivity index (χ1n) is 14.8. The van der Waals surface area contributed by atoms with Crippen LogP contribution in [0.4, 0.5) is 0 Å². The van der Waals surface area contributed by atoms with Gasteiger partial charge in [0.05, 0.1) is 32.3 Å². The van der Waals surface area contributed by atoms with Crippen LogP contribution in [0, 0.1) is 6.92 Å². The maximum atomic E-state index is 12.8. The number of rotatable bonds is 11. The van der Waals surface area contributed by atoms with Gasteiger partial charge >= 0.3 is 11.9 Å². The smallest absolute Gasteiger partial charge is 0.338 e. The van der Waals surface area contributed by atoms with Gasteiger partial charge in [0.25, 0.3) is 0 Å². The molecule has 2 aliphatic heterocycles. The number of hydrogen-bond donors (Lipinski definition) is 0. The minimum Gasteiger partial charge on any atom is -0.497 e. The van der Waals surface area contributed by atoms with Gasteiger partial charge in [-0.1, -0.05) is 0 Å². The number of benzene rings is 2. The summed E-state index contributed by atoms with van der Waals surface area (Å²) in [6.07, 6.45) is 0.127. The van der Waals surface area contributed by atoms with Gasteiger partial charge in [-0.3, -0.25) is 19.5 Å². The van der Waals surface area contributed by atoms with Crippen molar-refractivity contribution in [2.24, 2.45) is 7.05 Å². The summed E-state index contributed by atoms with van der Waals surface area (Å²) in [5.74, 6) is 0.378. The molecule has 3 heterocycles. The Morgan fingerprint density at radius 1 is 0.800 bits per heavy atom. The number of carbonyl (C=O) groups is 2. The van der Waals surface area contributed by atoms with Crippen LogP contribution >= 0.6 is 37.2 Å². The summed E-state index contributed by atoms with van der Waals surface area (Å²) in [5.41, 5.74) is 3.37. The second kappa shape index (κ2) is 18.5. The van der Waals surface area contributed by atoms with E-state index in [0.29, 0.717) is 17.9 Å². The van der Waals surface area contributed by atoms with Gasteiger partial charge in [-0.05, 0) is 55.0 Å². The minimum absolute atomic E-state index is 0. The number of esters is 2. The van der Waals surface area contributed by atoms with Crippen LogP contribution in [-0.4, -0.2) is 117 Å². The van der Waals surface area contributed by atoms with E-state index < -0.39 is 0 Å². The molecule has 13 heteroatoms. The molecule has 0 unspecified atom stereocenters. The number of aryl methyl sites for hydroxylation is 1. The van der Waals surface area contributed by atoms with E-state index in [1.54, 1.807) is 31.4 Å². The van der Waals surface area contributed by atoms with E-state index in [4.69, 9.17) is 18.9 Å². The highest BCUT2D eigenvalue weighted by Gasteiger charge is 2.20. The lowest BCUT2D eigenvalue weighted by molar-refractivity contribution is -0.133. The number of fused-ring (bicyclic) bond motifs is 1. The van der Waals surface area contributed by atoms with Crippen LogP contribution in [0.25, 0.3) is 10.9 Å². The number of morpholine rings is 1. The summed E-state index contributed by atoms with van der Waals surface area (Å²) in [5, 5.41) is 0.968. The van der Waals surface area contributed by atoms with E-state index in [9.17, 15) is 9.59 Å². The van der Waals surface area contributed by atoms with Crippen molar-refractivity contribution in [2.45, 2.75) is 13.3 Å². The van der Waals surface area contributed by atoms with Crippen LogP contribution in [0.5, 0.6) is 11.5 Å². The Kier molecular flexibility index (Phi) is 15.9. The van der Waals surface area contributed by atoms with Crippen molar-refractivity contribution in [3.63, 3.8) is 0 Å². The van der Waals surface area contributed by atoms with Crippen molar-refractivity contribution < 1.29 is 28.5 Å². The number of piperazine rings is 1. The lowest BCUT2D eigenvalue weighted by Gasteiger charge is -2.36. The van der Waals surface area contributed by atoms with Gasteiger partial charge < -0.3 is 23.5 Å². The summed E-state index contributed by atoms with van der Waals surface area (Å²) >= 11 is 0. The fourth-order valence-electron chi connectivity index (χ4n) is 5.64. The highest BCUT2D eigenvalue weighted by molar-refractivity contribution is 5.91. The number of halogens is 3. The van der Waals surface area contributed by atoms with E-state index >= 15 is 0 Å². The zero-order chi connectivity index (χ0) is 29.5. The summed E-state index contributed by atoms with van der Waals surface area (Å²) in [6.45, 7) is 13.0. The monoisotopic (exact) mass is 686 g/mol. The number of carbonyl (C=O) groups excluding carboxylic acids is 2. The summed E-state index contributed by atoms with van der Waals surface area (Å²) in [4.78, 5) is 32.7. The topological polar surface area (TPSA) is 85.7 Å². The molecular formula is C32H45Cl3N4O6. The number of aromatic nitrogens is 1. The van der Waals surface area contributed by atoms with Crippen molar-refractivity contribution in [2.75, 3.05) is 85.8 Å². The molecule has 45 heavy (non-hydrogen) atoms. The third-order valence-corrected chi connectivity index (χ3v) is 8.41. The van der Waals surface area contributed by atoms with Crippen molar-refractivity contribution in [3.8, 4) is 11.5 Å². The van der Waals surface area contributed by atoms with Gasteiger partial charge in [0.1, 0.15) is 18.1 Å². The number of methoxy groups -OCH3 is 1. The molecule has 0 atom stereocenters. The van der Waals surface area contributed by atoms with Crippen LogP contribution in [0.15, 0.2) is 42.5 Å². The first kappa shape index (κ1) is 38.6. The Labute approximate surface area is 284 Å². The second-order valence-electron chi connectivity index (χ2n) is 11.0. The fourth-order valence-corrected chi connectivity index (χ4v) is 5.64. The molecule has 0 radical (unpaired) electrons. The Hall–Kier alpha value is -2.57. The molecule has 0 N–H and O–H groups in total. The first-order valence-corrected chi connectivity index (χ1v) is 14.8. The van der Waals surface area contributed by atoms with Crippen LogP contribution in [0.1, 0.15) is 21.6 Å². The molecule has 3 aromatic rings. The average Bonchev–Trinajstić information content (AvgIpc) is 3.25. The highest BCUT2D eigenvalue weighted by Crippen LogP contribution is 2.29. The summed E-state index contributed by atoms with van der Waals surface area (Å²) < 4.78 is 24.0. The third-order valence-electron chi connectivity index (χ3n) is 8.41. The van der Waals surface area contributed by atoms with Crippen molar-refractivity contribution in [1.82, 2.24) is 19.3 Å². The van der Waals surface area contributed by atoms with Crippen molar-refractivity contribution in [1.29, 1.82) is 0 Å². The quantitative estimate of drug-likeness (QED) is 0.219. The Morgan fingerprint density at radius 2 is 1.38 bits per heavy atom. The number of nitrogens with zero attached hydrogens (tertiary/aromatic N) is 4. The molecule has 1 aromatic heterocycles. The first-order chi connectivity index (χ1) is 20.4.